The first kappa shape index (κ1) is 16.9. The second-order valence-electron chi connectivity index (χ2n) is 4.99. The molecule has 1 rings (SSSR count). The molecule has 0 fully saturated rings. The van der Waals surface area contributed by atoms with Crippen molar-refractivity contribution < 1.29 is 14.7 Å². The topological polar surface area (TPSA) is 88.4 Å². The number of amides is 1. The third kappa shape index (κ3) is 4.18. The third-order valence-corrected chi connectivity index (χ3v) is 3.39. The zero-order valence-electron chi connectivity index (χ0n) is 12.6. The van der Waals surface area contributed by atoms with Gasteiger partial charge in [0.15, 0.2) is 0 Å². The maximum Gasteiger partial charge on any atom is 0.326 e. The molecule has 2 N–H and O–H groups in total. The van der Waals surface area contributed by atoms with Crippen molar-refractivity contribution in [2.24, 2.45) is 0 Å². The zero-order valence-corrected chi connectivity index (χ0v) is 12.6. The molecule has 0 aliphatic carbocycles. The second-order valence-corrected chi connectivity index (χ2v) is 4.99. The first-order valence-corrected chi connectivity index (χ1v) is 7.13. The molecule has 2 unspecified atom stereocenters. The van der Waals surface area contributed by atoms with Crippen LogP contribution in [0.5, 0.6) is 0 Å². The van der Waals surface area contributed by atoms with Crippen LogP contribution in [0.1, 0.15) is 44.8 Å². The Balaban J connectivity index is 3.02. The minimum absolute atomic E-state index is 0.264. The molecule has 21 heavy (non-hydrogen) atoms. The number of nitrogens with zero attached hydrogens (tertiary/aromatic N) is 1. The van der Waals surface area contributed by atoms with Gasteiger partial charge in [-0.1, -0.05) is 26.3 Å². The van der Waals surface area contributed by atoms with E-state index < -0.39 is 24.0 Å². The van der Waals surface area contributed by atoms with Crippen molar-refractivity contribution in [3.05, 3.63) is 34.2 Å². The lowest BCUT2D eigenvalue weighted by Gasteiger charge is -2.22. The summed E-state index contributed by atoms with van der Waals surface area (Å²) in [6.07, 6.45) is 1.42. The van der Waals surface area contributed by atoms with Crippen LogP contribution in [0.2, 0.25) is 0 Å². The molecule has 0 aliphatic heterocycles. The maximum absolute atomic E-state index is 12.3. The molecule has 0 aromatic carbocycles. The summed E-state index contributed by atoms with van der Waals surface area (Å²) in [5, 5.41) is 11.6. The lowest BCUT2D eigenvalue weighted by Crippen LogP contribution is -2.45. The van der Waals surface area contributed by atoms with Gasteiger partial charge in [0.1, 0.15) is 12.1 Å². The number of carboxylic acids is 1. The number of rotatable bonds is 7. The lowest BCUT2D eigenvalue weighted by atomic mass is 10.1. The summed E-state index contributed by atoms with van der Waals surface area (Å²) >= 11 is 0. The van der Waals surface area contributed by atoms with E-state index in [1.807, 2.05) is 6.92 Å². The molecule has 0 saturated carbocycles. The van der Waals surface area contributed by atoms with Crippen LogP contribution in [0.25, 0.3) is 0 Å². The van der Waals surface area contributed by atoms with Gasteiger partial charge in [-0.15, -0.1) is 0 Å². The third-order valence-electron chi connectivity index (χ3n) is 3.39. The summed E-state index contributed by atoms with van der Waals surface area (Å²) < 4.78 is 1.40. The number of carbonyl (C=O) groups excluding carboxylic acids is 1. The fraction of sp³-hybridized carbons (Fsp3) is 0.533. The van der Waals surface area contributed by atoms with Gasteiger partial charge in [0.2, 0.25) is 5.91 Å². The SMILES string of the molecule is CCCC(NC(=O)C(CC)n1c(C)cccc1=O)C(=O)O. The van der Waals surface area contributed by atoms with Crippen LogP contribution in [0, 0.1) is 6.92 Å². The minimum atomic E-state index is -1.06. The van der Waals surface area contributed by atoms with E-state index in [-0.39, 0.29) is 5.56 Å². The lowest BCUT2D eigenvalue weighted by molar-refractivity contribution is -0.142. The zero-order chi connectivity index (χ0) is 16.0. The van der Waals surface area contributed by atoms with E-state index in [9.17, 15) is 14.4 Å². The number of pyridine rings is 1. The van der Waals surface area contributed by atoms with Crippen molar-refractivity contribution in [1.29, 1.82) is 0 Å². The monoisotopic (exact) mass is 294 g/mol. The first-order chi connectivity index (χ1) is 9.92. The van der Waals surface area contributed by atoms with Gasteiger partial charge in [0, 0.05) is 11.8 Å². The van der Waals surface area contributed by atoms with Gasteiger partial charge in [-0.05, 0) is 25.8 Å². The molecule has 0 radical (unpaired) electrons. The molecular formula is C15H22N2O4. The number of hydrogen-bond donors (Lipinski definition) is 2. The maximum atomic E-state index is 12.3. The van der Waals surface area contributed by atoms with E-state index in [0.29, 0.717) is 25.0 Å². The number of aryl methyl sites for hydroxylation is 1. The van der Waals surface area contributed by atoms with Crippen LogP contribution >= 0.6 is 0 Å². The summed E-state index contributed by atoms with van der Waals surface area (Å²) in [5.41, 5.74) is 0.409. The highest BCUT2D eigenvalue weighted by atomic mass is 16.4. The van der Waals surface area contributed by atoms with Gasteiger partial charge >= 0.3 is 5.97 Å². The van der Waals surface area contributed by atoms with Gasteiger partial charge in [0.05, 0.1) is 0 Å². The first-order valence-electron chi connectivity index (χ1n) is 7.13. The van der Waals surface area contributed by atoms with Crippen molar-refractivity contribution in [2.45, 2.75) is 52.1 Å². The van der Waals surface area contributed by atoms with Crippen molar-refractivity contribution in [1.82, 2.24) is 9.88 Å². The molecule has 116 valence electrons. The predicted molar refractivity (Wildman–Crippen MR) is 79.2 cm³/mol. The smallest absolute Gasteiger partial charge is 0.326 e. The van der Waals surface area contributed by atoms with E-state index >= 15 is 0 Å². The van der Waals surface area contributed by atoms with Crippen LogP contribution in [0.3, 0.4) is 0 Å². The van der Waals surface area contributed by atoms with Crippen LogP contribution in [0.15, 0.2) is 23.0 Å². The fourth-order valence-corrected chi connectivity index (χ4v) is 2.30. The quantitative estimate of drug-likeness (QED) is 0.797. The van der Waals surface area contributed by atoms with Gasteiger partial charge in [-0.2, -0.15) is 0 Å². The van der Waals surface area contributed by atoms with E-state index in [0.717, 1.165) is 0 Å². The van der Waals surface area contributed by atoms with Gasteiger partial charge in [-0.25, -0.2) is 4.79 Å². The highest BCUT2D eigenvalue weighted by Gasteiger charge is 2.25. The number of carbonyl (C=O) groups is 2. The summed E-state index contributed by atoms with van der Waals surface area (Å²) in [4.78, 5) is 35.4. The van der Waals surface area contributed by atoms with Crippen molar-refractivity contribution in [3.8, 4) is 0 Å². The van der Waals surface area contributed by atoms with Crippen LogP contribution in [0.4, 0.5) is 0 Å². The molecule has 0 bridgehead atoms. The van der Waals surface area contributed by atoms with Crippen LogP contribution in [-0.4, -0.2) is 27.6 Å². The van der Waals surface area contributed by atoms with E-state index in [1.165, 1.54) is 10.6 Å². The Morgan fingerprint density at radius 3 is 2.48 bits per heavy atom. The molecule has 2 atom stereocenters. The van der Waals surface area contributed by atoms with Gasteiger partial charge in [0.25, 0.3) is 5.56 Å². The molecule has 1 aromatic rings. The Morgan fingerprint density at radius 2 is 2.00 bits per heavy atom. The fourth-order valence-electron chi connectivity index (χ4n) is 2.30. The Kier molecular flexibility index (Phi) is 6.14. The Hall–Kier alpha value is -2.11. The summed E-state index contributed by atoms with van der Waals surface area (Å²) in [6, 6.07) is 3.16. The molecule has 1 aromatic heterocycles. The van der Waals surface area contributed by atoms with Crippen molar-refractivity contribution >= 4 is 11.9 Å². The number of hydrogen-bond acceptors (Lipinski definition) is 3. The van der Waals surface area contributed by atoms with Crippen LogP contribution in [-0.2, 0) is 9.59 Å². The average molecular weight is 294 g/mol. The molecule has 0 aliphatic rings. The highest BCUT2D eigenvalue weighted by Crippen LogP contribution is 2.12. The minimum Gasteiger partial charge on any atom is -0.480 e. The largest absolute Gasteiger partial charge is 0.480 e. The number of carboxylic acid groups (broad SMARTS) is 1. The molecular weight excluding hydrogens is 272 g/mol. The van der Waals surface area contributed by atoms with E-state index in [4.69, 9.17) is 5.11 Å². The molecule has 6 nitrogen and oxygen atoms in total. The molecule has 1 amide bonds. The Labute approximate surface area is 123 Å². The summed E-state index contributed by atoms with van der Waals surface area (Å²) in [5.74, 6) is -1.49. The molecule has 0 spiro atoms. The van der Waals surface area contributed by atoms with Crippen LogP contribution < -0.4 is 10.9 Å². The second kappa shape index (κ2) is 7.61. The van der Waals surface area contributed by atoms with Crippen molar-refractivity contribution in [3.63, 3.8) is 0 Å². The molecule has 6 heteroatoms. The normalized spacial score (nSPS) is 13.5. The van der Waals surface area contributed by atoms with E-state index in [2.05, 4.69) is 5.32 Å². The van der Waals surface area contributed by atoms with E-state index in [1.54, 1.807) is 26.0 Å². The number of nitrogens with one attached hydrogen (secondary N) is 1. The molecule has 0 saturated heterocycles. The average Bonchev–Trinajstić information content (AvgIpc) is 2.42. The van der Waals surface area contributed by atoms with Crippen molar-refractivity contribution in [2.75, 3.05) is 0 Å². The Bertz CT molecular complexity index is 565. The predicted octanol–water partition coefficient (Wildman–Crippen LogP) is 1.48. The van der Waals surface area contributed by atoms with Gasteiger partial charge in [-0.3, -0.25) is 9.59 Å². The Morgan fingerprint density at radius 1 is 1.33 bits per heavy atom. The number of aliphatic carboxylic acids is 1. The standard InChI is InChI=1S/C15H22N2O4/c1-4-7-11(15(20)21)16-14(19)12(5-2)17-10(3)8-6-9-13(17)18/h6,8-9,11-12H,4-5,7H2,1-3H3,(H,16,19)(H,20,21). The summed E-state index contributed by atoms with van der Waals surface area (Å²) in [6.45, 7) is 5.39. The highest BCUT2D eigenvalue weighted by molar-refractivity contribution is 5.86. The summed E-state index contributed by atoms with van der Waals surface area (Å²) in [7, 11) is 0. The number of aromatic nitrogens is 1. The van der Waals surface area contributed by atoms with Gasteiger partial charge < -0.3 is 15.0 Å². The molecule has 1 heterocycles.